The predicted octanol–water partition coefficient (Wildman–Crippen LogP) is 0.924. The van der Waals surface area contributed by atoms with Crippen molar-refractivity contribution in [3.8, 4) is 0 Å². The zero-order valence-corrected chi connectivity index (χ0v) is 9.11. The standard InChI is InChI=1S/C9H14ClN3O2/c10-8-5-13(12-9(8)11)2-4-15-7-1-3-14-6-7/h5,7H,1-4,6H2,(H2,11,12). The number of rotatable bonds is 4. The van der Waals surface area contributed by atoms with Crippen LogP contribution in [0.15, 0.2) is 6.20 Å². The van der Waals surface area contributed by atoms with E-state index in [0.717, 1.165) is 13.0 Å². The fourth-order valence-electron chi connectivity index (χ4n) is 1.48. The molecule has 1 atom stereocenters. The monoisotopic (exact) mass is 231 g/mol. The van der Waals surface area contributed by atoms with Crippen LogP contribution in [0.25, 0.3) is 0 Å². The molecule has 1 aliphatic heterocycles. The number of nitrogen functional groups attached to an aromatic ring is 1. The summed E-state index contributed by atoms with van der Waals surface area (Å²) in [6.07, 6.45) is 2.90. The van der Waals surface area contributed by atoms with E-state index in [1.54, 1.807) is 10.9 Å². The molecule has 6 heteroatoms. The fourth-order valence-corrected chi connectivity index (χ4v) is 1.63. The van der Waals surface area contributed by atoms with E-state index in [1.807, 2.05) is 0 Å². The van der Waals surface area contributed by atoms with Crippen molar-refractivity contribution in [2.75, 3.05) is 25.6 Å². The normalized spacial score (nSPS) is 21.0. The third kappa shape index (κ3) is 2.84. The van der Waals surface area contributed by atoms with E-state index >= 15 is 0 Å². The minimum Gasteiger partial charge on any atom is -0.381 e. The van der Waals surface area contributed by atoms with Gasteiger partial charge in [-0.2, -0.15) is 5.10 Å². The smallest absolute Gasteiger partial charge is 0.164 e. The van der Waals surface area contributed by atoms with Gasteiger partial charge in [-0.15, -0.1) is 0 Å². The first kappa shape index (κ1) is 10.7. The van der Waals surface area contributed by atoms with Gasteiger partial charge in [0, 0.05) is 12.8 Å². The van der Waals surface area contributed by atoms with Crippen molar-refractivity contribution in [2.24, 2.45) is 0 Å². The Morgan fingerprint density at radius 1 is 1.73 bits per heavy atom. The van der Waals surface area contributed by atoms with Crippen LogP contribution in [0.5, 0.6) is 0 Å². The van der Waals surface area contributed by atoms with Crippen molar-refractivity contribution in [3.05, 3.63) is 11.2 Å². The Morgan fingerprint density at radius 3 is 3.20 bits per heavy atom. The van der Waals surface area contributed by atoms with Crippen molar-refractivity contribution < 1.29 is 9.47 Å². The van der Waals surface area contributed by atoms with Crippen molar-refractivity contribution in [2.45, 2.75) is 19.1 Å². The minimum atomic E-state index is 0.230. The SMILES string of the molecule is Nc1nn(CCOC2CCOC2)cc1Cl. The van der Waals surface area contributed by atoms with Gasteiger partial charge in [-0.1, -0.05) is 11.6 Å². The summed E-state index contributed by atoms with van der Waals surface area (Å²) in [6, 6.07) is 0. The highest BCUT2D eigenvalue weighted by Gasteiger charge is 2.15. The first-order chi connectivity index (χ1) is 7.25. The zero-order chi connectivity index (χ0) is 10.7. The largest absolute Gasteiger partial charge is 0.381 e. The highest BCUT2D eigenvalue weighted by atomic mass is 35.5. The lowest BCUT2D eigenvalue weighted by Gasteiger charge is -2.09. The maximum atomic E-state index is 5.77. The minimum absolute atomic E-state index is 0.230. The summed E-state index contributed by atoms with van der Waals surface area (Å²) in [7, 11) is 0. The number of aromatic nitrogens is 2. The van der Waals surface area contributed by atoms with Gasteiger partial charge in [0.05, 0.1) is 25.9 Å². The van der Waals surface area contributed by atoms with E-state index < -0.39 is 0 Å². The molecule has 0 amide bonds. The average Bonchev–Trinajstić information content (AvgIpc) is 2.79. The topological polar surface area (TPSA) is 62.3 Å². The van der Waals surface area contributed by atoms with E-state index in [9.17, 15) is 0 Å². The molecule has 1 unspecified atom stereocenters. The van der Waals surface area contributed by atoms with Crippen LogP contribution >= 0.6 is 11.6 Å². The van der Waals surface area contributed by atoms with E-state index in [-0.39, 0.29) is 6.10 Å². The van der Waals surface area contributed by atoms with E-state index in [1.165, 1.54) is 0 Å². The van der Waals surface area contributed by atoms with Crippen molar-refractivity contribution in [3.63, 3.8) is 0 Å². The molecule has 0 saturated carbocycles. The maximum absolute atomic E-state index is 5.77. The second-order valence-electron chi connectivity index (χ2n) is 3.48. The Labute approximate surface area is 93.1 Å². The Hall–Kier alpha value is -0.780. The molecule has 15 heavy (non-hydrogen) atoms. The Bertz CT molecular complexity index is 304. The lowest BCUT2D eigenvalue weighted by molar-refractivity contribution is 0.0372. The quantitative estimate of drug-likeness (QED) is 0.837. The highest BCUT2D eigenvalue weighted by molar-refractivity contribution is 6.32. The third-order valence-corrected chi connectivity index (χ3v) is 2.60. The molecule has 1 aromatic rings. The molecular weight excluding hydrogens is 218 g/mol. The van der Waals surface area contributed by atoms with Gasteiger partial charge in [-0.3, -0.25) is 4.68 Å². The molecule has 84 valence electrons. The van der Waals surface area contributed by atoms with Gasteiger partial charge in [-0.05, 0) is 6.42 Å². The molecule has 2 N–H and O–H groups in total. The molecule has 5 nitrogen and oxygen atoms in total. The molecule has 1 saturated heterocycles. The van der Waals surface area contributed by atoms with Gasteiger partial charge in [0.25, 0.3) is 0 Å². The second kappa shape index (κ2) is 4.83. The lowest BCUT2D eigenvalue weighted by atomic mass is 10.3. The van der Waals surface area contributed by atoms with Gasteiger partial charge in [0.15, 0.2) is 5.82 Å². The van der Waals surface area contributed by atoms with Crippen LogP contribution in [0.3, 0.4) is 0 Å². The van der Waals surface area contributed by atoms with Crippen LogP contribution in [0.2, 0.25) is 5.02 Å². The molecule has 0 radical (unpaired) electrons. The molecular formula is C9H14ClN3O2. The maximum Gasteiger partial charge on any atom is 0.164 e. The van der Waals surface area contributed by atoms with E-state index in [2.05, 4.69) is 5.10 Å². The molecule has 1 aliphatic rings. The second-order valence-corrected chi connectivity index (χ2v) is 3.89. The number of anilines is 1. The summed E-state index contributed by atoms with van der Waals surface area (Å²) in [4.78, 5) is 0. The Balaban J connectivity index is 1.73. The van der Waals surface area contributed by atoms with Crippen LogP contribution in [0.4, 0.5) is 5.82 Å². The number of nitrogens with two attached hydrogens (primary N) is 1. The van der Waals surface area contributed by atoms with Crippen LogP contribution in [0, 0.1) is 0 Å². The molecule has 2 heterocycles. The van der Waals surface area contributed by atoms with Gasteiger partial charge < -0.3 is 15.2 Å². The molecule has 1 aromatic heterocycles. The average molecular weight is 232 g/mol. The molecule has 0 spiro atoms. The van der Waals surface area contributed by atoms with Crippen molar-refractivity contribution in [1.29, 1.82) is 0 Å². The highest BCUT2D eigenvalue weighted by Crippen LogP contribution is 2.15. The lowest BCUT2D eigenvalue weighted by Crippen LogP contribution is -2.16. The predicted molar refractivity (Wildman–Crippen MR) is 56.8 cm³/mol. The van der Waals surface area contributed by atoms with E-state index in [0.29, 0.717) is 30.6 Å². The third-order valence-electron chi connectivity index (χ3n) is 2.31. The summed E-state index contributed by atoms with van der Waals surface area (Å²) in [6.45, 7) is 2.76. The van der Waals surface area contributed by atoms with Crippen LogP contribution in [0.1, 0.15) is 6.42 Å². The number of halogens is 1. The zero-order valence-electron chi connectivity index (χ0n) is 8.36. The Kier molecular flexibility index (Phi) is 3.45. The Morgan fingerprint density at radius 2 is 2.60 bits per heavy atom. The molecule has 0 aliphatic carbocycles. The first-order valence-electron chi connectivity index (χ1n) is 4.93. The van der Waals surface area contributed by atoms with Gasteiger partial charge in [0.1, 0.15) is 5.02 Å². The molecule has 0 aromatic carbocycles. The summed E-state index contributed by atoms with van der Waals surface area (Å²) < 4.78 is 12.5. The van der Waals surface area contributed by atoms with Crippen LogP contribution in [-0.2, 0) is 16.0 Å². The van der Waals surface area contributed by atoms with Gasteiger partial charge in [-0.25, -0.2) is 0 Å². The first-order valence-corrected chi connectivity index (χ1v) is 5.31. The van der Waals surface area contributed by atoms with Gasteiger partial charge >= 0.3 is 0 Å². The number of nitrogens with zero attached hydrogens (tertiary/aromatic N) is 2. The number of hydrogen-bond acceptors (Lipinski definition) is 4. The molecule has 0 bridgehead atoms. The number of ether oxygens (including phenoxy) is 2. The summed E-state index contributed by atoms with van der Waals surface area (Å²) >= 11 is 5.77. The van der Waals surface area contributed by atoms with Crippen molar-refractivity contribution >= 4 is 17.4 Å². The number of hydrogen-bond donors (Lipinski definition) is 1. The van der Waals surface area contributed by atoms with Gasteiger partial charge in [0.2, 0.25) is 0 Å². The fraction of sp³-hybridized carbons (Fsp3) is 0.667. The molecule has 1 fully saturated rings. The summed E-state index contributed by atoms with van der Waals surface area (Å²) in [5.74, 6) is 0.362. The molecule has 2 rings (SSSR count). The van der Waals surface area contributed by atoms with Crippen LogP contribution < -0.4 is 5.73 Å². The summed E-state index contributed by atoms with van der Waals surface area (Å²) in [5.41, 5.74) is 5.51. The van der Waals surface area contributed by atoms with E-state index in [4.69, 9.17) is 26.8 Å². The van der Waals surface area contributed by atoms with Crippen LogP contribution in [-0.4, -0.2) is 35.7 Å². The summed E-state index contributed by atoms with van der Waals surface area (Å²) in [5, 5.41) is 4.51. The van der Waals surface area contributed by atoms with Crippen molar-refractivity contribution in [1.82, 2.24) is 9.78 Å².